The van der Waals surface area contributed by atoms with Crippen LogP contribution in [0.25, 0.3) is 0 Å². The Bertz CT molecular complexity index is 479. The Labute approximate surface area is 124 Å². The van der Waals surface area contributed by atoms with Crippen LogP contribution in [0.15, 0.2) is 18.2 Å². The topological polar surface area (TPSA) is 64.3 Å². The summed E-state index contributed by atoms with van der Waals surface area (Å²) < 4.78 is 4.82. The van der Waals surface area contributed by atoms with Crippen LogP contribution in [-0.2, 0) is 4.74 Å². The Morgan fingerprint density at radius 1 is 1.45 bits per heavy atom. The van der Waals surface area contributed by atoms with Gasteiger partial charge in [0.05, 0.1) is 24.0 Å². The minimum absolute atomic E-state index is 0.350. The van der Waals surface area contributed by atoms with E-state index in [9.17, 15) is 4.79 Å². The first-order chi connectivity index (χ1) is 9.65. The first kappa shape index (κ1) is 15.0. The molecule has 0 aromatic heterocycles. The third-order valence-electron chi connectivity index (χ3n) is 3.81. The summed E-state index contributed by atoms with van der Waals surface area (Å²) >= 11 is 1.92. The van der Waals surface area contributed by atoms with Crippen LogP contribution >= 0.6 is 11.8 Å². The van der Waals surface area contributed by atoms with E-state index in [4.69, 9.17) is 10.5 Å². The van der Waals surface area contributed by atoms with Crippen molar-refractivity contribution in [3.8, 4) is 0 Å². The van der Waals surface area contributed by atoms with Crippen LogP contribution in [0.5, 0.6) is 0 Å². The summed E-state index contributed by atoms with van der Waals surface area (Å²) in [5.41, 5.74) is 7.85. The molecular formula is C15H22N2O2S. The average molecular weight is 294 g/mol. The molecule has 3 N–H and O–H groups in total. The van der Waals surface area contributed by atoms with Crippen LogP contribution in [0.4, 0.5) is 11.4 Å². The number of anilines is 2. The number of rotatable bonds is 4. The van der Waals surface area contributed by atoms with Gasteiger partial charge in [-0.05, 0) is 37.7 Å². The highest BCUT2D eigenvalue weighted by atomic mass is 32.2. The standard InChI is InChI=1S/C15H22N2O2S/c1-19-15(18)12-7-4-8-13(16)14(12)17-10-5-3-6-11(9-10)20-2/h4,7-8,10-11,17H,3,5-6,9,16H2,1-2H3. The molecule has 1 saturated carbocycles. The second kappa shape index (κ2) is 6.88. The van der Waals surface area contributed by atoms with E-state index in [1.807, 2.05) is 17.8 Å². The summed E-state index contributed by atoms with van der Waals surface area (Å²) in [5.74, 6) is -0.350. The zero-order valence-electron chi connectivity index (χ0n) is 12.0. The predicted molar refractivity (Wildman–Crippen MR) is 85.4 cm³/mol. The van der Waals surface area contributed by atoms with Gasteiger partial charge in [-0.3, -0.25) is 0 Å². The maximum Gasteiger partial charge on any atom is 0.340 e. The van der Waals surface area contributed by atoms with E-state index in [-0.39, 0.29) is 5.97 Å². The fraction of sp³-hybridized carbons (Fsp3) is 0.533. The van der Waals surface area contributed by atoms with Gasteiger partial charge in [-0.25, -0.2) is 4.79 Å². The molecule has 0 heterocycles. The van der Waals surface area contributed by atoms with Crippen LogP contribution in [0, 0.1) is 0 Å². The molecule has 0 amide bonds. The molecule has 0 saturated heterocycles. The molecule has 4 nitrogen and oxygen atoms in total. The molecule has 20 heavy (non-hydrogen) atoms. The van der Waals surface area contributed by atoms with Gasteiger partial charge in [-0.1, -0.05) is 12.5 Å². The van der Waals surface area contributed by atoms with Gasteiger partial charge >= 0.3 is 5.97 Å². The maximum absolute atomic E-state index is 11.8. The second-order valence-electron chi connectivity index (χ2n) is 5.13. The van der Waals surface area contributed by atoms with Crippen molar-refractivity contribution < 1.29 is 9.53 Å². The Morgan fingerprint density at radius 2 is 2.25 bits per heavy atom. The maximum atomic E-state index is 11.8. The molecular weight excluding hydrogens is 272 g/mol. The normalized spacial score (nSPS) is 22.3. The van der Waals surface area contributed by atoms with E-state index in [0.717, 1.165) is 12.8 Å². The molecule has 1 aromatic carbocycles. The van der Waals surface area contributed by atoms with E-state index >= 15 is 0 Å². The Balaban J connectivity index is 2.17. The van der Waals surface area contributed by atoms with E-state index in [0.29, 0.717) is 28.2 Å². The Morgan fingerprint density at radius 3 is 2.95 bits per heavy atom. The Kier molecular flexibility index (Phi) is 5.17. The van der Waals surface area contributed by atoms with Gasteiger partial charge in [0.1, 0.15) is 0 Å². The van der Waals surface area contributed by atoms with Crippen molar-refractivity contribution in [3.05, 3.63) is 23.8 Å². The van der Waals surface area contributed by atoms with Crippen molar-refractivity contribution in [2.75, 3.05) is 24.4 Å². The molecule has 0 aliphatic heterocycles. The number of esters is 1. The van der Waals surface area contributed by atoms with Crippen LogP contribution in [0.3, 0.4) is 0 Å². The number of carbonyl (C=O) groups excluding carboxylic acids is 1. The van der Waals surface area contributed by atoms with Gasteiger partial charge in [0.2, 0.25) is 0 Å². The molecule has 110 valence electrons. The number of nitrogens with one attached hydrogen (secondary N) is 1. The van der Waals surface area contributed by atoms with Gasteiger partial charge in [-0.2, -0.15) is 11.8 Å². The molecule has 5 heteroatoms. The minimum atomic E-state index is -0.350. The van der Waals surface area contributed by atoms with E-state index in [1.165, 1.54) is 20.0 Å². The first-order valence-electron chi connectivity index (χ1n) is 6.91. The van der Waals surface area contributed by atoms with Crippen molar-refractivity contribution in [2.45, 2.75) is 37.0 Å². The van der Waals surface area contributed by atoms with Crippen molar-refractivity contribution >= 4 is 29.1 Å². The largest absolute Gasteiger partial charge is 0.465 e. The molecule has 2 unspecified atom stereocenters. The van der Waals surface area contributed by atoms with Crippen LogP contribution in [0.2, 0.25) is 0 Å². The number of ether oxygens (including phenoxy) is 1. The van der Waals surface area contributed by atoms with Crippen LogP contribution < -0.4 is 11.1 Å². The van der Waals surface area contributed by atoms with E-state index in [1.54, 1.807) is 12.1 Å². The van der Waals surface area contributed by atoms with Gasteiger partial charge in [0.25, 0.3) is 0 Å². The van der Waals surface area contributed by atoms with Crippen molar-refractivity contribution in [1.29, 1.82) is 0 Å². The number of carbonyl (C=O) groups is 1. The summed E-state index contributed by atoms with van der Waals surface area (Å²) in [6.45, 7) is 0. The molecule has 0 spiro atoms. The average Bonchev–Trinajstić information content (AvgIpc) is 2.48. The number of benzene rings is 1. The van der Waals surface area contributed by atoms with E-state index in [2.05, 4.69) is 11.6 Å². The highest BCUT2D eigenvalue weighted by Gasteiger charge is 2.23. The zero-order valence-corrected chi connectivity index (χ0v) is 12.8. The lowest BCUT2D eigenvalue weighted by Crippen LogP contribution is -2.29. The second-order valence-corrected chi connectivity index (χ2v) is 6.27. The molecule has 1 aliphatic rings. The first-order valence-corrected chi connectivity index (χ1v) is 8.20. The quantitative estimate of drug-likeness (QED) is 0.660. The third-order valence-corrected chi connectivity index (χ3v) is 4.90. The lowest BCUT2D eigenvalue weighted by atomic mass is 9.94. The number of hydrogen-bond acceptors (Lipinski definition) is 5. The third kappa shape index (κ3) is 3.39. The summed E-state index contributed by atoms with van der Waals surface area (Å²) in [6.07, 6.45) is 6.86. The van der Waals surface area contributed by atoms with Gasteiger partial charge in [-0.15, -0.1) is 0 Å². The number of methoxy groups -OCH3 is 1. The zero-order chi connectivity index (χ0) is 14.5. The highest BCUT2D eigenvalue weighted by molar-refractivity contribution is 7.99. The van der Waals surface area contributed by atoms with Crippen molar-refractivity contribution in [2.24, 2.45) is 0 Å². The fourth-order valence-electron chi connectivity index (χ4n) is 2.71. The molecule has 1 aliphatic carbocycles. The molecule has 1 aromatic rings. The smallest absolute Gasteiger partial charge is 0.340 e. The number of nitrogens with two attached hydrogens (primary N) is 1. The molecule has 0 bridgehead atoms. The molecule has 2 atom stereocenters. The fourth-order valence-corrected chi connectivity index (χ4v) is 3.53. The predicted octanol–water partition coefficient (Wildman–Crippen LogP) is 3.14. The van der Waals surface area contributed by atoms with Crippen molar-refractivity contribution in [3.63, 3.8) is 0 Å². The number of thioether (sulfide) groups is 1. The van der Waals surface area contributed by atoms with E-state index < -0.39 is 0 Å². The summed E-state index contributed by atoms with van der Waals surface area (Å²) in [6, 6.07) is 5.70. The molecule has 2 rings (SSSR count). The van der Waals surface area contributed by atoms with Gasteiger partial charge in [0.15, 0.2) is 0 Å². The monoisotopic (exact) mass is 294 g/mol. The van der Waals surface area contributed by atoms with Gasteiger partial charge in [0, 0.05) is 11.3 Å². The summed E-state index contributed by atoms with van der Waals surface area (Å²) in [7, 11) is 1.39. The van der Waals surface area contributed by atoms with Crippen LogP contribution in [-0.4, -0.2) is 30.6 Å². The highest BCUT2D eigenvalue weighted by Crippen LogP contribution is 2.32. The Hall–Kier alpha value is -1.36. The molecule has 0 radical (unpaired) electrons. The van der Waals surface area contributed by atoms with Gasteiger partial charge < -0.3 is 15.8 Å². The number of para-hydroxylation sites is 1. The minimum Gasteiger partial charge on any atom is -0.465 e. The lowest BCUT2D eigenvalue weighted by Gasteiger charge is -2.30. The molecule has 1 fully saturated rings. The summed E-state index contributed by atoms with van der Waals surface area (Å²) in [4.78, 5) is 11.8. The summed E-state index contributed by atoms with van der Waals surface area (Å²) in [5, 5.41) is 4.15. The number of nitrogen functional groups attached to an aromatic ring is 1. The van der Waals surface area contributed by atoms with Crippen LogP contribution in [0.1, 0.15) is 36.0 Å². The lowest BCUT2D eigenvalue weighted by molar-refractivity contribution is 0.0602. The number of hydrogen-bond donors (Lipinski definition) is 2. The SMILES string of the molecule is COC(=O)c1cccc(N)c1NC1CCCC(SC)C1. The van der Waals surface area contributed by atoms with Crippen molar-refractivity contribution in [1.82, 2.24) is 0 Å².